The van der Waals surface area contributed by atoms with Gasteiger partial charge in [-0.25, -0.2) is 4.98 Å². The number of halogens is 1. The molecule has 0 saturated carbocycles. The summed E-state index contributed by atoms with van der Waals surface area (Å²) in [6.07, 6.45) is 5.80. The molecule has 0 aliphatic carbocycles. The van der Waals surface area contributed by atoms with E-state index < -0.39 is 0 Å². The van der Waals surface area contributed by atoms with E-state index in [1.165, 1.54) is 11.8 Å². The molecule has 0 bridgehead atoms. The van der Waals surface area contributed by atoms with Gasteiger partial charge in [0.05, 0.1) is 6.20 Å². The number of carbonyl (C=O) groups excluding carboxylic acids is 1. The Labute approximate surface area is 105 Å². The minimum atomic E-state index is 0.648. The van der Waals surface area contributed by atoms with Gasteiger partial charge in [0.1, 0.15) is 11.3 Å². The van der Waals surface area contributed by atoms with E-state index in [9.17, 15) is 4.79 Å². The maximum atomic E-state index is 10.6. The number of rotatable bonds is 3. The maximum Gasteiger partial charge on any atom is 0.150 e. The second-order valence-electron chi connectivity index (χ2n) is 2.95. The number of aldehydes is 1. The molecule has 16 heavy (non-hydrogen) atoms. The lowest BCUT2D eigenvalue weighted by Crippen LogP contribution is -1.84. The largest absolute Gasteiger partial charge is 0.298 e. The summed E-state index contributed by atoms with van der Waals surface area (Å²) in [5, 5.41) is 0.821. The van der Waals surface area contributed by atoms with Gasteiger partial charge in [-0.3, -0.25) is 9.78 Å². The SMILES string of the molecule is O=Cc1ccc(Sc2cnccn2)c(Br)c1. The van der Waals surface area contributed by atoms with Crippen LogP contribution in [0.2, 0.25) is 0 Å². The highest BCUT2D eigenvalue weighted by Crippen LogP contribution is 2.32. The number of benzene rings is 1. The average molecular weight is 295 g/mol. The number of hydrogen-bond donors (Lipinski definition) is 0. The van der Waals surface area contributed by atoms with Crippen LogP contribution in [-0.4, -0.2) is 16.3 Å². The molecular formula is C11H7BrN2OS. The van der Waals surface area contributed by atoms with Crippen LogP contribution in [0.15, 0.2) is 51.2 Å². The third kappa shape index (κ3) is 2.68. The molecule has 0 radical (unpaired) electrons. The molecular weight excluding hydrogens is 288 g/mol. The average Bonchev–Trinajstić information content (AvgIpc) is 2.33. The Morgan fingerprint density at radius 2 is 2.19 bits per heavy atom. The van der Waals surface area contributed by atoms with Crippen molar-refractivity contribution in [2.24, 2.45) is 0 Å². The quantitative estimate of drug-likeness (QED) is 0.816. The Bertz CT molecular complexity index is 505. The highest BCUT2D eigenvalue weighted by molar-refractivity contribution is 9.10. The molecule has 2 rings (SSSR count). The van der Waals surface area contributed by atoms with E-state index >= 15 is 0 Å². The minimum Gasteiger partial charge on any atom is -0.298 e. The van der Waals surface area contributed by atoms with E-state index in [0.717, 1.165) is 20.7 Å². The molecule has 0 spiro atoms. The maximum absolute atomic E-state index is 10.6. The van der Waals surface area contributed by atoms with Gasteiger partial charge in [-0.05, 0) is 28.1 Å². The van der Waals surface area contributed by atoms with Crippen molar-refractivity contribution in [1.82, 2.24) is 9.97 Å². The Balaban J connectivity index is 2.25. The number of carbonyl (C=O) groups is 1. The predicted octanol–water partition coefficient (Wildman–Crippen LogP) is 3.20. The molecule has 0 amide bonds. The third-order valence-electron chi connectivity index (χ3n) is 1.85. The molecule has 0 saturated heterocycles. The van der Waals surface area contributed by atoms with Crippen LogP contribution >= 0.6 is 27.7 Å². The zero-order valence-electron chi connectivity index (χ0n) is 8.13. The van der Waals surface area contributed by atoms with Gasteiger partial charge < -0.3 is 0 Å². The fourth-order valence-corrected chi connectivity index (χ4v) is 2.51. The van der Waals surface area contributed by atoms with Crippen LogP contribution in [-0.2, 0) is 0 Å². The summed E-state index contributed by atoms with van der Waals surface area (Å²) in [6.45, 7) is 0. The monoisotopic (exact) mass is 294 g/mol. The van der Waals surface area contributed by atoms with Gasteiger partial charge in [-0.1, -0.05) is 17.8 Å². The highest BCUT2D eigenvalue weighted by Gasteiger charge is 2.04. The van der Waals surface area contributed by atoms with Crippen molar-refractivity contribution in [3.05, 3.63) is 46.8 Å². The Kier molecular flexibility index (Phi) is 3.69. The zero-order valence-corrected chi connectivity index (χ0v) is 10.5. The summed E-state index contributed by atoms with van der Waals surface area (Å²) < 4.78 is 0.882. The molecule has 80 valence electrons. The summed E-state index contributed by atoms with van der Waals surface area (Å²) in [4.78, 5) is 19.7. The molecule has 1 aromatic carbocycles. The first-order chi connectivity index (χ1) is 7.79. The molecule has 1 heterocycles. The fourth-order valence-electron chi connectivity index (χ4n) is 1.12. The molecule has 0 unspecified atom stereocenters. The minimum absolute atomic E-state index is 0.648. The van der Waals surface area contributed by atoms with Crippen molar-refractivity contribution in [1.29, 1.82) is 0 Å². The number of aromatic nitrogens is 2. The standard InChI is InChI=1S/C11H7BrN2OS/c12-9-5-8(7-15)1-2-10(9)16-11-6-13-3-4-14-11/h1-7H. The molecule has 0 aliphatic rings. The molecule has 0 aliphatic heterocycles. The first-order valence-corrected chi connectivity index (χ1v) is 6.09. The summed E-state index contributed by atoms with van der Waals surface area (Å²) in [5.41, 5.74) is 0.648. The lowest BCUT2D eigenvalue weighted by Gasteiger charge is -2.03. The van der Waals surface area contributed by atoms with E-state index in [0.29, 0.717) is 5.56 Å². The summed E-state index contributed by atoms with van der Waals surface area (Å²) in [5.74, 6) is 0. The van der Waals surface area contributed by atoms with Gasteiger partial charge in [0.25, 0.3) is 0 Å². The molecule has 2 aromatic rings. The second kappa shape index (κ2) is 5.23. The van der Waals surface area contributed by atoms with Crippen LogP contribution in [0.5, 0.6) is 0 Å². The molecule has 0 fully saturated rings. The molecule has 0 N–H and O–H groups in total. The van der Waals surface area contributed by atoms with E-state index in [2.05, 4.69) is 25.9 Å². The lowest BCUT2D eigenvalue weighted by molar-refractivity contribution is 0.112. The topological polar surface area (TPSA) is 42.9 Å². The molecule has 3 nitrogen and oxygen atoms in total. The van der Waals surface area contributed by atoms with Crippen molar-refractivity contribution in [3.8, 4) is 0 Å². The normalized spacial score (nSPS) is 10.1. The van der Waals surface area contributed by atoms with E-state index in [-0.39, 0.29) is 0 Å². The Morgan fingerprint density at radius 1 is 1.31 bits per heavy atom. The molecule has 0 atom stereocenters. The Hall–Kier alpha value is -1.20. The fraction of sp³-hybridized carbons (Fsp3) is 0. The summed E-state index contributed by atoms with van der Waals surface area (Å²) >= 11 is 4.91. The van der Waals surface area contributed by atoms with Gasteiger partial charge in [-0.2, -0.15) is 0 Å². The van der Waals surface area contributed by atoms with E-state index in [1.807, 2.05) is 6.07 Å². The summed E-state index contributed by atoms with van der Waals surface area (Å²) in [6, 6.07) is 5.44. The first-order valence-electron chi connectivity index (χ1n) is 4.48. The van der Waals surface area contributed by atoms with Gasteiger partial charge in [0, 0.05) is 27.3 Å². The van der Waals surface area contributed by atoms with Crippen LogP contribution in [0.4, 0.5) is 0 Å². The van der Waals surface area contributed by atoms with Crippen LogP contribution < -0.4 is 0 Å². The molecule has 1 aromatic heterocycles. The first kappa shape index (κ1) is 11.3. The summed E-state index contributed by atoms with van der Waals surface area (Å²) in [7, 11) is 0. The smallest absolute Gasteiger partial charge is 0.150 e. The van der Waals surface area contributed by atoms with E-state index in [4.69, 9.17) is 0 Å². The van der Waals surface area contributed by atoms with Crippen molar-refractivity contribution in [2.45, 2.75) is 9.92 Å². The van der Waals surface area contributed by atoms with E-state index in [1.54, 1.807) is 30.7 Å². The Morgan fingerprint density at radius 3 is 2.81 bits per heavy atom. The predicted molar refractivity (Wildman–Crippen MR) is 65.7 cm³/mol. The second-order valence-corrected chi connectivity index (χ2v) is 4.87. The van der Waals surface area contributed by atoms with Crippen molar-refractivity contribution in [2.75, 3.05) is 0 Å². The van der Waals surface area contributed by atoms with Gasteiger partial charge in [0.2, 0.25) is 0 Å². The van der Waals surface area contributed by atoms with Crippen molar-refractivity contribution in [3.63, 3.8) is 0 Å². The van der Waals surface area contributed by atoms with Crippen LogP contribution in [0.25, 0.3) is 0 Å². The van der Waals surface area contributed by atoms with Gasteiger partial charge in [0.15, 0.2) is 0 Å². The zero-order chi connectivity index (χ0) is 11.4. The highest BCUT2D eigenvalue weighted by atomic mass is 79.9. The van der Waals surface area contributed by atoms with Crippen molar-refractivity contribution < 1.29 is 4.79 Å². The van der Waals surface area contributed by atoms with Crippen LogP contribution in [0, 0.1) is 0 Å². The third-order valence-corrected chi connectivity index (χ3v) is 3.76. The van der Waals surface area contributed by atoms with Crippen molar-refractivity contribution >= 4 is 34.0 Å². The van der Waals surface area contributed by atoms with Crippen LogP contribution in [0.1, 0.15) is 10.4 Å². The number of nitrogens with zero attached hydrogens (tertiary/aromatic N) is 2. The van der Waals surface area contributed by atoms with Crippen LogP contribution in [0.3, 0.4) is 0 Å². The van der Waals surface area contributed by atoms with Gasteiger partial charge >= 0.3 is 0 Å². The lowest BCUT2D eigenvalue weighted by atomic mass is 10.2. The molecule has 5 heteroatoms. The van der Waals surface area contributed by atoms with Gasteiger partial charge in [-0.15, -0.1) is 0 Å². The number of hydrogen-bond acceptors (Lipinski definition) is 4.